The molecule has 1 amide bonds. The van der Waals surface area contributed by atoms with Crippen LogP contribution in [0.15, 0.2) is 53.5 Å². The van der Waals surface area contributed by atoms with Gasteiger partial charge in [-0.15, -0.1) is 0 Å². The fourth-order valence-electron chi connectivity index (χ4n) is 3.06. The van der Waals surface area contributed by atoms with Crippen LogP contribution in [0.2, 0.25) is 0 Å². The van der Waals surface area contributed by atoms with E-state index in [1.54, 1.807) is 0 Å². The first-order valence-corrected chi connectivity index (χ1v) is 9.92. The van der Waals surface area contributed by atoms with Gasteiger partial charge in [-0.3, -0.25) is 10.1 Å². The Balaban J connectivity index is 1.72. The summed E-state index contributed by atoms with van der Waals surface area (Å²) in [6.45, 7) is 7.64. The standard InChI is InChI=1S/C23H29N3O2/c1-16(2)18-10-12-20(13-11-18)25-23(24-15-21-5-4-14-28-21)26-22(27)19-8-6-17(3)7-9-19/h6-13,16,21H,4-5,14-15H2,1-3H3,(H2,24,25,26,27)/t21-/m1/s1. The average Bonchev–Trinajstić information content (AvgIpc) is 3.20. The number of benzene rings is 2. The Morgan fingerprint density at radius 3 is 2.46 bits per heavy atom. The third-order valence-corrected chi connectivity index (χ3v) is 4.86. The molecule has 5 nitrogen and oxygen atoms in total. The maximum absolute atomic E-state index is 12.6. The first kappa shape index (κ1) is 20.1. The Labute approximate surface area is 167 Å². The molecular weight excluding hydrogens is 350 g/mol. The highest BCUT2D eigenvalue weighted by Crippen LogP contribution is 2.17. The van der Waals surface area contributed by atoms with Gasteiger partial charge >= 0.3 is 0 Å². The molecule has 2 aromatic carbocycles. The number of aryl methyl sites for hydroxylation is 1. The molecule has 1 saturated heterocycles. The zero-order valence-electron chi connectivity index (χ0n) is 16.9. The van der Waals surface area contributed by atoms with Crippen molar-refractivity contribution in [2.45, 2.75) is 45.6 Å². The van der Waals surface area contributed by atoms with E-state index in [4.69, 9.17) is 4.74 Å². The van der Waals surface area contributed by atoms with E-state index in [0.29, 0.717) is 24.0 Å². The molecule has 1 heterocycles. The predicted octanol–water partition coefficient (Wildman–Crippen LogP) is 4.50. The van der Waals surface area contributed by atoms with E-state index in [2.05, 4.69) is 41.6 Å². The van der Waals surface area contributed by atoms with Crippen LogP contribution >= 0.6 is 0 Å². The van der Waals surface area contributed by atoms with Gasteiger partial charge in [0.2, 0.25) is 5.96 Å². The lowest BCUT2D eigenvalue weighted by molar-refractivity contribution is 0.0975. The molecule has 0 saturated carbocycles. The van der Waals surface area contributed by atoms with Gasteiger partial charge in [0.05, 0.1) is 12.6 Å². The number of guanidine groups is 1. The van der Waals surface area contributed by atoms with Crippen molar-refractivity contribution >= 4 is 17.6 Å². The number of hydrogen-bond donors (Lipinski definition) is 2. The number of carbonyl (C=O) groups is 1. The highest BCUT2D eigenvalue weighted by molar-refractivity contribution is 6.09. The fraction of sp³-hybridized carbons (Fsp3) is 0.391. The lowest BCUT2D eigenvalue weighted by Gasteiger charge is -2.14. The summed E-state index contributed by atoms with van der Waals surface area (Å²) in [7, 11) is 0. The number of anilines is 1. The second-order valence-corrected chi connectivity index (χ2v) is 7.55. The number of carbonyl (C=O) groups excluding carboxylic acids is 1. The number of hydrogen-bond acceptors (Lipinski definition) is 3. The van der Waals surface area contributed by atoms with Crippen molar-refractivity contribution in [3.63, 3.8) is 0 Å². The molecule has 5 heteroatoms. The van der Waals surface area contributed by atoms with Crippen LogP contribution in [0, 0.1) is 6.92 Å². The molecule has 0 spiro atoms. The molecule has 1 aliphatic heterocycles. The van der Waals surface area contributed by atoms with Crippen molar-refractivity contribution in [2.24, 2.45) is 4.99 Å². The number of nitrogens with one attached hydrogen (secondary N) is 2. The number of ether oxygens (including phenoxy) is 1. The van der Waals surface area contributed by atoms with Gasteiger partial charge < -0.3 is 10.1 Å². The zero-order valence-corrected chi connectivity index (χ0v) is 16.9. The predicted molar refractivity (Wildman–Crippen MR) is 114 cm³/mol. The van der Waals surface area contributed by atoms with Gasteiger partial charge in [0.1, 0.15) is 0 Å². The van der Waals surface area contributed by atoms with E-state index in [0.717, 1.165) is 30.7 Å². The summed E-state index contributed by atoms with van der Waals surface area (Å²) in [4.78, 5) is 17.2. The lowest BCUT2D eigenvalue weighted by Crippen LogP contribution is -2.36. The Morgan fingerprint density at radius 2 is 1.86 bits per heavy atom. The van der Waals surface area contributed by atoms with E-state index in [-0.39, 0.29) is 12.0 Å². The van der Waals surface area contributed by atoms with E-state index < -0.39 is 0 Å². The molecule has 1 aliphatic rings. The monoisotopic (exact) mass is 379 g/mol. The summed E-state index contributed by atoms with van der Waals surface area (Å²) < 4.78 is 5.65. The molecule has 1 fully saturated rings. The van der Waals surface area contributed by atoms with E-state index in [1.807, 2.05) is 43.3 Å². The largest absolute Gasteiger partial charge is 0.376 e. The highest BCUT2D eigenvalue weighted by atomic mass is 16.5. The summed E-state index contributed by atoms with van der Waals surface area (Å²) >= 11 is 0. The lowest BCUT2D eigenvalue weighted by atomic mass is 10.0. The van der Waals surface area contributed by atoms with E-state index >= 15 is 0 Å². The highest BCUT2D eigenvalue weighted by Gasteiger charge is 2.16. The number of nitrogens with zero attached hydrogens (tertiary/aromatic N) is 1. The van der Waals surface area contributed by atoms with Crippen molar-refractivity contribution in [1.82, 2.24) is 5.32 Å². The summed E-state index contributed by atoms with van der Waals surface area (Å²) in [6, 6.07) is 15.7. The molecule has 148 valence electrons. The van der Waals surface area contributed by atoms with Crippen molar-refractivity contribution in [2.75, 3.05) is 18.5 Å². The normalized spacial score (nSPS) is 17.0. The van der Waals surface area contributed by atoms with Crippen LogP contribution in [0.3, 0.4) is 0 Å². The van der Waals surface area contributed by atoms with Gasteiger partial charge in [-0.2, -0.15) is 0 Å². The van der Waals surface area contributed by atoms with Crippen LogP contribution in [0.4, 0.5) is 5.69 Å². The van der Waals surface area contributed by atoms with Gasteiger partial charge in [0, 0.05) is 17.9 Å². The zero-order chi connectivity index (χ0) is 19.9. The third-order valence-electron chi connectivity index (χ3n) is 4.86. The van der Waals surface area contributed by atoms with E-state index in [9.17, 15) is 4.79 Å². The van der Waals surface area contributed by atoms with Crippen LogP contribution in [0.25, 0.3) is 0 Å². The van der Waals surface area contributed by atoms with Crippen molar-refractivity contribution in [1.29, 1.82) is 0 Å². The Morgan fingerprint density at radius 1 is 1.14 bits per heavy atom. The molecule has 2 aromatic rings. The van der Waals surface area contributed by atoms with Gasteiger partial charge in [0.25, 0.3) is 5.91 Å². The topological polar surface area (TPSA) is 62.7 Å². The van der Waals surface area contributed by atoms with Gasteiger partial charge in [-0.05, 0) is 55.5 Å². The molecule has 1 atom stereocenters. The number of amides is 1. The second-order valence-electron chi connectivity index (χ2n) is 7.55. The SMILES string of the molecule is Cc1ccc(C(=O)NC(=NC[C@H]2CCCO2)Nc2ccc(C(C)C)cc2)cc1. The first-order chi connectivity index (χ1) is 13.5. The summed E-state index contributed by atoms with van der Waals surface area (Å²) in [6.07, 6.45) is 2.19. The minimum Gasteiger partial charge on any atom is -0.376 e. The molecule has 0 bridgehead atoms. The van der Waals surface area contributed by atoms with Gasteiger partial charge in [-0.25, -0.2) is 4.99 Å². The summed E-state index contributed by atoms with van der Waals surface area (Å²) in [5, 5.41) is 6.15. The number of rotatable bonds is 5. The van der Waals surface area contributed by atoms with Crippen LogP contribution in [0.1, 0.15) is 54.1 Å². The van der Waals surface area contributed by atoms with Gasteiger partial charge in [0.15, 0.2) is 0 Å². The Kier molecular flexibility index (Phi) is 6.82. The average molecular weight is 380 g/mol. The van der Waals surface area contributed by atoms with Crippen LogP contribution in [-0.2, 0) is 4.74 Å². The Bertz CT molecular complexity index is 805. The van der Waals surface area contributed by atoms with Gasteiger partial charge in [-0.1, -0.05) is 43.7 Å². The molecule has 3 rings (SSSR count). The minimum atomic E-state index is -0.183. The maximum Gasteiger partial charge on any atom is 0.257 e. The van der Waals surface area contributed by atoms with Crippen molar-refractivity contribution in [3.8, 4) is 0 Å². The number of aliphatic imine (C=N–C) groups is 1. The fourth-order valence-corrected chi connectivity index (χ4v) is 3.06. The third kappa shape index (κ3) is 5.67. The minimum absolute atomic E-state index is 0.122. The molecule has 0 radical (unpaired) electrons. The molecule has 0 aliphatic carbocycles. The molecule has 2 N–H and O–H groups in total. The smallest absolute Gasteiger partial charge is 0.257 e. The quantitative estimate of drug-likeness (QED) is 0.594. The molecule has 0 unspecified atom stereocenters. The first-order valence-electron chi connectivity index (χ1n) is 9.92. The van der Waals surface area contributed by atoms with E-state index in [1.165, 1.54) is 5.56 Å². The maximum atomic E-state index is 12.6. The second kappa shape index (κ2) is 9.51. The van der Waals surface area contributed by atoms with Crippen LogP contribution in [0.5, 0.6) is 0 Å². The Hall–Kier alpha value is -2.66. The molecule has 28 heavy (non-hydrogen) atoms. The van der Waals surface area contributed by atoms with Crippen molar-refractivity contribution < 1.29 is 9.53 Å². The summed E-state index contributed by atoms with van der Waals surface area (Å²) in [5.41, 5.74) is 3.88. The van der Waals surface area contributed by atoms with Crippen molar-refractivity contribution in [3.05, 3.63) is 65.2 Å². The molecule has 0 aromatic heterocycles. The van der Waals surface area contributed by atoms with Crippen LogP contribution in [-0.4, -0.2) is 31.1 Å². The molecular formula is C23H29N3O2. The van der Waals surface area contributed by atoms with Crippen LogP contribution < -0.4 is 10.6 Å². The summed E-state index contributed by atoms with van der Waals surface area (Å²) in [5.74, 6) is 0.735.